The van der Waals surface area contributed by atoms with Crippen molar-refractivity contribution in [2.24, 2.45) is 0 Å². The van der Waals surface area contributed by atoms with Crippen molar-refractivity contribution in [3.05, 3.63) is 65.8 Å². The number of rotatable bonds is 8. The smallest absolute Gasteiger partial charge is 0.387 e. The first kappa shape index (κ1) is 18.5. The zero-order valence-corrected chi connectivity index (χ0v) is 14.9. The van der Waals surface area contributed by atoms with Crippen LogP contribution in [-0.2, 0) is 13.1 Å². The van der Waals surface area contributed by atoms with Crippen molar-refractivity contribution in [1.82, 2.24) is 15.0 Å². The van der Waals surface area contributed by atoms with Crippen LogP contribution in [-0.4, -0.2) is 27.7 Å². The first-order chi connectivity index (χ1) is 13.6. The summed E-state index contributed by atoms with van der Waals surface area (Å²) in [7, 11) is 0. The molecule has 5 nitrogen and oxygen atoms in total. The molecule has 0 bridgehead atoms. The number of hydrogen-bond donors (Lipinski definition) is 0. The van der Waals surface area contributed by atoms with E-state index in [1.54, 1.807) is 30.3 Å². The van der Waals surface area contributed by atoms with Crippen LogP contribution in [0.4, 0.5) is 13.2 Å². The van der Waals surface area contributed by atoms with E-state index in [1.165, 1.54) is 18.2 Å². The Hall–Kier alpha value is -2.87. The monoisotopic (exact) mass is 389 g/mol. The number of nitrogens with zero attached hydrogens (tertiary/aromatic N) is 3. The minimum Gasteiger partial charge on any atom is -0.434 e. The standard InChI is InChI=1S/C20H18F3N3O2/c21-14-7-5-13(6-8-14)11-26(15-9-10-15)12-18-24-19(25-28-18)16-3-1-2-4-17(16)27-20(22)23/h1-8,15,20H,9-12H2. The molecule has 0 atom stereocenters. The maximum Gasteiger partial charge on any atom is 0.387 e. The second-order valence-electron chi connectivity index (χ2n) is 6.65. The van der Waals surface area contributed by atoms with Gasteiger partial charge in [0.15, 0.2) is 0 Å². The molecular weight excluding hydrogens is 371 g/mol. The molecule has 146 valence electrons. The summed E-state index contributed by atoms with van der Waals surface area (Å²) < 4.78 is 48.2. The largest absolute Gasteiger partial charge is 0.434 e. The number of benzene rings is 2. The van der Waals surface area contributed by atoms with Gasteiger partial charge in [-0.1, -0.05) is 29.4 Å². The Morgan fingerprint density at radius 3 is 2.54 bits per heavy atom. The van der Waals surface area contributed by atoms with Crippen molar-refractivity contribution >= 4 is 0 Å². The summed E-state index contributed by atoms with van der Waals surface area (Å²) in [5.41, 5.74) is 1.33. The second-order valence-corrected chi connectivity index (χ2v) is 6.65. The van der Waals surface area contributed by atoms with Crippen molar-refractivity contribution in [2.75, 3.05) is 0 Å². The lowest BCUT2D eigenvalue weighted by molar-refractivity contribution is -0.0494. The van der Waals surface area contributed by atoms with Crippen LogP contribution >= 0.6 is 0 Å². The third-order valence-electron chi connectivity index (χ3n) is 4.51. The van der Waals surface area contributed by atoms with Crippen molar-refractivity contribution in [1.29, 1.82) is 0 Å². The van der Waals surface area contributed by atoms with E-state index < -0.39 is 6.61 Å². The van der Waals surface area contributed by atoms with Crippen LogP contribution in [0.1, 0.15) is 24.3 Å². The third-order valence-corrected chi connectivity index (χ3v) is 4.51. The van der Waals surface area contributed by atoms with Crippen molar-refractivity contribution in [3.63, 3.8) is 0 Å². The van der Waals surface area contributed by atoms with E-state index in [9.17, 15) is 13.2 Å². The van der Waals surface area contributed by atoms with Crippen LogP contribution < -0.4 is 4.74 Å². The maximum atomic E-state index is 13.1. The molecule has 0 radical (unpaired) electrons. The molecule has 1 aromatic heterocycles. The van der Waals surface area contributed by atoms with Gasteiger partial charge in [-0.3, -0.25) is 4.90 Å². The molecular formula is C20H18F3N3O2. The SMILES string of the molecule is Fc1ccc(CN(Cc2nc(-c3ccccc3OC(F)F)no2)C2CC2)cc1. The molecule has 3 aromatic rings. The van der Waals surface area contributed by atoms with Gasteiger partial charge in [-0.05, 0) is 42.7 Å². The van der Waals surface area contributed by atoms with Gasteiger partial charge in [0.1, 0.15) is 11.6 Å². The van der Waals surface area contributed by atoms with Crippen LogP contribution in [0, 0.1) is 5.82 Å². The highest BCUT2D eigenvalue weighted by Crippen LogP contribution is 2.31. The molecule has 0 amide bonds. The van der Waals surface area contributed by atoms with E-state index >= 15 is 0 Å². The van der Waals surface area contributed by atoms with Gasteiger partial charge in [0.25, 0.3) is 0 Å². The Morgan fingerprint density at radius 2 is 1.82 bits per heavy atom. The molecule has 0 aliphatic heterocycles. The molecule has 28 heavy (non-hydrogen) atoms. The molecule has 0 saturated heterocycles. The summed E-state index contributed by atoms with van der Waals surface area (Å²) in [4.78, 5) is 6.54. The Balaban J connectivity index is 1.50. The average Bonchev–Trinajstić information content (AvgIpc) is 3.42. The summed E-state index contributed by atoms with van der Waals surface area (Å²) in [5.74, 6) is 0.308. The summed E-state index contributed by atoms with van der Waals surface area (Å²) in [5, 5.41) is 3.92. The van der Waals surface area contributed by atoms with Crippen molar-refractivity contribution < 1.29 is 22.4 Å². The van der Waals surface area contributed by atoms with Gasteiger partial charge >= 0.3 is 6.61 Å². The quantitative estimate of drug-likeness (QED) is 0.562. The minimum atomic E-state index is -2.94. The molecule has 0 N–H and O–H groups in total. The van der Waals surface area contributed by atoms with E-state index in [0.29, 0.717) is 30.6 Å². The zero-order valence-electron chi connectivity index (χ0n) is 14.9. The number of aromatic nitrogens is 2. The van der Waals surface area contributed by atoms with Crippen LogP contribution in [0.25, 0.3) is 11.4 Å². The fourth-order valence-corrected chi connectivity index (χ4v) is 3.03. The molecule has 1 aliphatic rings. The van der Waals surface area contributed by atoms with E-state index in [2.05, 4.69) is 19.8 Å². The Kier molecular flexibility index (Phi) is 5.29. The van der Waals surface area contributed by atoms with Crippen molar-refractivity contribution in [2.45, 2.75) is 38.6 Å². The minimum absolute atomic E-state index is 0.00443. The summed E-state index contributed by atoms with van der Waals surface area (Å²) in [6.07, 6.45) is 2.15. The summed E-state index contributed by atoms with van der Waals surface area (Å²) in [6, 6.07) is 13.1. The molecule has 2 aromatic carbocycles. The van der Waals surface area contributed by atoms with E-state index in [1.807, 2.05) is 0 Å². The van der Waals surface area contributed by atoms with Gasteiger partial charge in [-0.2, -0.15) is 13.8 Å². The number of para-hydroxylation sites is 1. The molecule has 1 aliphatic carbocycles. The molecule has 1 saturated carbocycles. The predicted octanol–water partition coefficient (Wildman–Crippen LogP) is 4.64. The average molecular weight is 389 g/mol. The normalized spacial score (nSPS) is 14.0. The maximum absolute atomic E-state index is 13.1. The Bertz CT molecular complexity index is 926. The molecule has 0 spiro atoms. The lowest BCUT2D eigenvalue weighted by atomic mass is 10.2. The molecule has 1 fully saturated rings. The lowest BCUT2D eigenvalue weighted by Crippen LogP contribution is -2.25. The lowest BCUT2D eigenvalue weighted by Gasteiger charge is -2.19. The van der Waals surface area contributed by atoms with Gasteiger partial charge in [-0.25, -0.2) is 4.39 Å². The highest BCUT2D eigenvalue weighted by molar-refractivity contribution is 5.63. The first-order valence-electron chi connectivity index (χ1n) is 8.94. The summed E-state index contributed by atoms with van der Waals surface area (Å²) in [6.45, 7) is -1.88. The van der Waals surface area contributed by atoms with Gasteiger partial charge in [0.2, 0.25) is 11.7 Å². The van der Waals surface area contributed by atoms with E-state index in [0.717, 1.165) is 18.4 Å². The third kappa shape index (κ3) is 4.51. The zero-order chi connectivity index (χ0) is 19.5. The number of halogens is 3. The molecule has 8 heteroatoms. The van der Waals surface area contributed by atoms with Crippen LogP contribution in [0.15, 0.2) is 53.1 Å². The molecule has 1 heterocycles. The van der Waals surface area contributed by atoms with Crippen LogP contribution in [0.2, 0.25) is 0 Å². The highest BCUT2D eigenvalue weighted by atomic mass is 19.3. The second kappa shape index (κ2) is 8.02. The first-order valence-corrected chi connectivity index (χ1v) is 8.94. The van der Waals surface area contributed by atoms with E-state index in [4.69, 9.17) is 4.52 Å². The van der Waals surface area contributed by atoms with Gasteiger partial charge in [0, 0.05) is 12.6 Å². The fourth-order valence-electron chi connectivity index (χ4n) is 3.03. The Labute approximate surface area is 159 Å². The highest BCUT2D eigenvalue weighted by Gasteiger charge is 2.30. The van der Waals surface area contributed by atoms with E-state index in [-0.39, 0.29) is 17.4 Å². The Morgan fingerprint density at radius 1 is 1.07 bits per heavy atom. The molecule has 4 rings (SSSR count). The number of alkyl halides is 2. The topological polar surface area (TPSA) is 51.4 Å². The van der Waals surface area contributed by atoms with Gasteiger partial charge in [-0.15, -0.1) is 0 Å². The van der Waals surface area contributed by atoms with Gasteiger partial charge < -0.3 is 9.26 Å². The number of ether oxygens (including phenoxy) is 1. The van der Waals surface area contributed by atoms with Crippen molar-refractivity contribution in [3.8, 4) is 17.1 Å². The van der Waals surface area contributed by atoms with Crippen LogP contribution in [0.3, 0.4) is 0 Å². The fraction of sp³-hybridized carbons (Fsp3) is 0.300. The van der Waals surface area contributed by atoms with Gasteiger partial charge in [0.05, 0.1) is 12.1 Å². The predicted molar refractivity (Wildman–Crippen MR) is 95.0 cm³/mol. The number of hydrogen-bond acceptors (Lipinski definition) is 5. The molecule has 0 unspecified atom stereocenters. The summed E-state index contributed by atoms with van der Waals surface area (Å²) >= 11 is 0. The van der Waals surface area contributed by atoms with Crippen LogP contribution in [0.5, 0.6) is 5.75 Å².